The van der Waals surface area contributed by atoms with Crippen LogP contribution in [0.2, 0.25) is 0 Å². The summed E-state index contributed by atoms with van der Waals surface area (Å²) in [5.41, 5.74) is 1.68. The number of hydrogen-bond donors (Lipinski definition) is 1. The van der Waals surface area contributed by atoms with Crippen LogP contribution in [0.3, 0.4) is 0 Å². The van der Waals surface area contributed by atoms with E-state index in [1.54, 1.807) is 24.8 Å². The van der Waals surface area contributed by atoms with Crippen molar-refractivity contribution in [1.82, 2.24) is 20.0 Å². The number of carbonyl (C=O) groups is 1. The minimum Gasteiger partial charge on any atom is -0.497 e. The Morgan fingerprint density at radius 2 is 2.03 bits per heavy atom. The number of sulfone groups is 1. The van der Waals surface area contributed by atoms with Crippen LogP contribution < -0.4 is 10.1 Å². The molecule has 0 radical (unpaired) electrons. The molecule has 0 saturated carbocycles. The first-order chi connectivity index (χ1) is 13.8. The van der Waals surface area contributed by atoms with E-state index in [2.05, 4.69) is 20.6 Å². The average molecular weight is 434 g/mol. The van der Waals surface area contributed by atoms with Crippen molar-refractivity contribution in [1.29, 1.82) is 0 Å². The third-order valence-electron chi connectivity index (χ3n) is 4.65. The monoisotopic (exact) mass is 433 g/mol. The van der Waals surface area contributed by atoms with Crippen molar-refractivity contribution < 1.29 is 17.9 Å². The fourth-order valence-corrected chi connectivity index (χ4v) is 5.52. The minimum absolute atomic E-state index is 0.00842. The molecule has 11 heteroatoms. The van der Waals surface area contributed by atoms with Crippen molar-refractivity contribution in [2.45, 2.75) is 19.4 Å². The van der Waals surface area contributed by atoms with Crippen molar-refractivity contribution in [2.24, 2.45) is 0 Å². The summed E-state index contributed by atoms with van der Waals surface area (Å²) >= 11 is 1.27. The number of hydrogen-bond acceptors (Lipinski definition) is 8. The van der Waals surface area contributed by atoms with Gasteiger partial charge in [-0.1, -0.05) is 11.3 Å². The Balaban J connectivity index is 1.70. The van der Waals surface area contributed by atoms with Gasteiger partial charge in [0.05, 0.1) is 30.4 Å². The van der Waals surface area contributed by atoms with Crippen molar-refractivity contribution in [3.05, 3.63) is 41.0 Å². The third kappa shape index (κ3) is 4.15. The maximum Gasteiger partial charge on any atom is 0.278 e. The number of aromatic nitrogens is 4. The van der Waals surface area contributed by atoms with Crippen LogP contribution in [0.25, 0.3) is 11.3 Å². The molecule has 1 saturated heterocycles. The molecule has 0 spiro atoms. The lowest BCUT2D eigenvalue weighted by molar-refractivity contribution is 0.102. The minimum atomic E-state index is -3.11. The SMILES string of the molecule is COc1ccc(-c2cc(C(=O)Nc3nnc(C)s3)nn2[C@@H]2CCS(=O)(=O)C2)cc1. The maximum atomic E-state index is 12.7. The normalized spacial score (nSPS) is 17.9. The second-order valence-corrected chi connectivity index (χ2v) is 10.1. The summed E-state index contributed by atoms with van der Waals surface area (Å²) in [6.07, 6.45) is 0.462. The van der Waals surface area contributed by atoms with Gasteiger partial charge in [0.25, 0.3) is 5.91 Å². The zero-order valence-electron chi connectivity index (χ0n) is 15.8. The van der Waals surface area contributed by atoms with Crippen LogP contribution >= 0.6 is 11.3 Å². The van der Waals surface area contributed by atoms with E-state index in [0.717, 1.165) is 10.6 Å². The van der Waals surface area contributed by atoms with E-state index < -0.39 is 15.7 Å². The maximum absolute atomic E-state index is 12.7. The van der Waals surface area contributed by atoms with E-state index in [-0.39, 0.29) is 23.2 Å². The first-order valence-electron chi connectivity index (χ1n) is 8.90. The van der Waals surface area contributed by atoms with Crippen LogP contribution in [-0.2, 0) is 9.84 Å². The molecule has 152 valence electrons. The summed E-state index contributed by atoms with van der Waals surface area (Å²) in [6.45, 7) is 1.80. The van der Waals surface area contributed by atoms with Gasteiger partial charge in [-0.05, 0) is 43.7 Å². The van der Waals surface area contributed by atoms with Gasteiger partial charge in [0.2, 0.25) is 5.13 Å². The van der Waals surface area contributed by atoms with Gasteiger partial charge in [0.15, 0.2) is 15.5 Å². The second-order valence-electron chi connectivity index (χ2n) is 6.73. The van der Waals surface area contributed by atoms with E-state index >= 15 is 0 Å². The van der Waals surface area contributed by atoms with Crippen molar-refractivity contribution in [3.63, 3.8) is 0 Å². The average Bonchev–Trinajstić information content (AvgIpc) is 3.40. The number of nitrogens with zero attached hydrogens (tertiary/aromatic N) is 4. The van der Waals surface area contributed by atoms with Crippen molar-refractivity contribution >= 4 is 32.2 Å². The lowest BCUT2D eigenvalue weighted by Crippen LogP contribution is -2.16. The van der Waals surface area contributed by atoms with Gasteiger partial charge < -0.3 is 4.74 Å². The summed E-state index contributed by atoms with van der Waals surface area (Å²) < 4.78 is 30.8. The molecular formula is C18H19N5O4S2. The Labute approximate surface area is 171 Å². The quantitative estimate of drug-likeness (QED) is 0.656. The molecule has 2 aromatic heterocycles. The highest BCUT2D eigenvalue weighted by molar-refractivity contribution is 7.91. The van der Waals surface area contributed by atoms with Crippen molar-refractivity contribution in [3.8, 4) is 17.0 Å². The Hall–Kier alpha value is -2.79. The molecule has 1 atom stereocenters. The van der Waals surface area contributed by atoms with Crippen LogP contribution in [0.5, 0.6) is 5.75 Å². The lowest BCUT2D eigenvalue weighted by atomic mass is 10.1. The van der Waals surface area contributed by atoms with Gasteiger partial charge in [-0.2, -0.15) is 5.10 Å². The number of nitrogens with one attached hydrogen (secondary N) is 1. The fourth-order valence-electron chi connectivity index (χ4n) is 3.24. The molecule has 29 heavy (non-hydrogen) atoms. The summed E-state index contributed by atoms with van der Waals surface area (Å²) in [6, 6.07) is 8.67. The zero-order valence-corrected chi connectivity index (χ0v) is 17.5. The first-order valence-corrected chi connectivity index (χ1v) is 11.5. The van der Waals surface area contributed by atoms with Crippen molar-refractivity contribution in [2.75, 3.05) is 23.9 Å². The Morgan fingerprint density at radius 1 is 1.28 bits per heavy atom. The van der Waals surface area contributed by atoms with E-state index in [9.17, 15) is 13.2 Å². The first kappa shape index (κ1) is 19.5. The molecule has 0 aliphatic carbocycles. The summed E-state index contributed by atoms with van der Waals surface area (Å²) in [5, 5.41) is 16.0. The molecule has 1 aromatic carbocycles. The second kappa shape index (κ2) is 7.56. The molecule has 0 unspecified atom stereocenters. The predicted octanol–water partition coefficient (Wildman–Crippen LogP) is 2.33. The molecule has 1 fully saturated rings. The number of rotatable bonds is 5. The van der Waals surface area contributed by atoms with E-state index in [1.807, 2.05) is 24.3 Å². The summed E-state index contributed by atoms with van der Waals surface area (Å²) in [4.78, 5) is 12.7. The van der Waals surface area contributed by atoms with E-state index in [1.165, 1.54) is 11.3 Å². The molecule has 3 heterocycles. The molecule has 0 bridgehead atoms. The van der Waals surface area contributed by atoms with Crippen LogP contribution in [0.4, 0.5) is 5.13 Å². The predicted molar refractivity (Wildman–Crippen MR) is 109 cm³/mol. The van der Waals surface area contributed by atoms with Crippen LogP contribution in [0.1, 0.15) is 28.0 Å². The molecule has 3 aromatic rings. The lowest BCUT2D eigenvalue weighted by Gasteiger charge is -2.13. The van der Waals surface area contributed by atoms with Gasteiger partial charge in [-0.15, -0.1) is 10.2 Å². The standard InChI is InChI=1S/C18H19N5O4S2/c1-11-20-21-18(28-11)19-17(24)15-9-16(12-3-5-14(27-2)6-4-12)23(22-15)13-7-8-29(25,26)10-13/h3-6,9,13H,7-8,10H2,1-2H3,(H,19,21,24)/t13-/m1/s1. The number of benzene rings is 1. The topological polar surface area (TPSA) is 116 Å². The van der Waals surface area contributed by atoms with Gasteiger partial charge >= 0.3 is 0 Å². The highest BCUT2D eigenvalue weighted by Gasteiger charge is 2.32. The molecule has 1 aliphatic heterocycles. The molecule has 1 N–H and O–H groups in total. The zero-order chi connectivity index (χ0) is 20.6. The molecule has 9 nitrogen and oxygen atoms in total. The third-order valence-corrected chi connectivity index (χ3v) is 7.16. The number of carbonyl (C=O) groups excluding carboxylic acids is 1. The van der Waals surface area contributed by atoms with Crippen LogP contribution in [-0.4, -0.2) is 52.9 Å². The Bertz CT molecular complexity index is 1150. The van der Waals surface area contributed by atoms with Crippen LogP contribution in [0, 0.1) is 6.92 Å². The van der Waals surface area contributed by atoms with Gasteiger partial charge in [-0.25, -0.2) is 8.42 Å². The van der Waals surface area contributed by atoms with Gasteiger partial charge in [0.1, 0.15) is 10.8 Å². The number of amides is 1. The van der Waals surface area contributed by atoms with E-state index in [4.69, 9.17) is 4.74 Å². The van der Waals surface area contributed by atoms with Crippen LogP contribution in [0.15, 0.2) is 30.3 Å². The Kier molecular flexibility index (Phi) is 5.09. The number of aryl methyl sites for hydroxylation is 1. The largest absolute Gasteiger partial charge is 0.497 e. The highest BCUT2D eigenvalue weighted by Crippen LogP contribution is 2.31. The molecular weight excluding hydrogens is 414 g/mol. The fraction of sp³-hybridized carbons (Fsp3) is 0.333. The number of anilines is 1. The van der Waals surface area contributed by atoms with E-state index in [0.29, 0.717) is 23.0 Å². The molecule has 1 amide bonds. The number of methoxy groups -OCH3 is 1. The molecule has 1 aliphatic rings. The summed E-state index contributed by atoms with van der Waals surface area (Å²) in [7, 11) is -1.52. The number of ether oxygens (including phenoxy) is 1. The molecule has 4 rings (SSSR count). The van der Waals surface area contributed by atoms with Gasteiger partial charge in [-0.3, -0.25) is 14.8 Å². The smallest absolute Gasteiger partial charge is 0.278 e. The Morgan fingerprint density at radius 3 is 2.62 bits per heavy atom. The highest BCUT2D eigenvalue weighted by atomic mass is 32.2. The van der Waals surface area contributed by atoms with Gasteiger partial charge in [0, 0.05) is 5.56 Å². The summed E-state index contributed by atoms with van der Waals surface area (Å²) in [5.74, 6) is 0.406.